The van der Waals surface area contributed by atoms with E-state index in [9.17, 15) is 19.5 Å². The van der Waals surface area contributed by atoms with E-state index in [4.69, 9.17) is 11.6 Å². The summed E-state index contributed by atoms with van der Waals surface area (Å²) in [5, 5.41) is 14.3. The molecule has 0 unspecified atom stereocenters. The van der Waals surface area contributed by atoms with Crippen LogP contribution in [0, 0.1) is 0 Å². The van der Waals surface area contributed by atoms with Gasteiger partial charge in [-0.1, -0.05) is 39.7 Å². The van der Waals surface area contributed by atoms with Crippen LogP contribution in [0.3, 0.4) is 0 Å². The zero-order valence-corrected chi connectivity index (χ0v) is 16.4. The summed E-state index contributed by atoms with van der Waals surface area (Å²) in [6.45, 7) is 0. The van der Waals surface area contributed by atoms with E-state index in [1.54, 1.807) is 42.5 Å². The second kappa shape index (κ2) is 8.24. The summed E-state index contributed by atoms with van der Waals surface area (Å²) in [5.41, 5.74) is 0.760. The van der Waals surface area contributed by atoms with E-state index in [-0.39, 0.29) is 16.1 Å². The van der Waals surface area contributed by atoms with E-state index in [1.807, 2.05) is 0 Å². The van der Waals surface area contributed by atoms with Gasteiger partial charge in [-0.3, -0.25) is 14.6 Å². The van der Waals surface area contributed by atoms with Gasteiger partial charge in [0.1, 0.15) is 5.56 Å². The van der Waals surface area contributed by atoms with Gasteiger partial charge < -0.3 is 5.11 Å². The van der Waals surface area contributed by atoms with E-state index >= 15 is 0 Å². The number of hydrogen-bond acceptors (Lipinski definition) is 5. The fraction of sp³-hybridized carbons (Fsp3) is 0. The fourth-order valence-electron chi connectivity index (χ4n) is 2.35. The number of carbonyl (C=O) groups is 1. The number of aromatic amines is 1. The van der Waals surface area contributed by atoms with Crippen molar-refractivity contribution < 1.29 is 9.90 Å². The molecule has 3 rings (SSSR count). The monoisotopic (exact) mass is 462 g/mol. The van der Waals surface area contributed by atoms with Crippen LogP contribution in [0.1, 0.15) is 15.9 Å². The zero-order chi connectivity index (χ0) is 20.3. The van der Waals surface area contributed by atoms with Gasteiger partial charge in [-0.15, -0.1) is 0 Å². The lowest BCUT2D eigenvalue weighted by atomic mass is 10.2. The molecule has 0 bridgehead atoms. The minimum Gasteiger partial charge on any atom is -0.493 e. The highest BCUT2D eigenvalue weighted by molar-refractivity contribution is 9.10. The third-order valence-corrected chi connectivity index (χ3v) is 4.54. The van der Waals surface area contributed by atoms with Crippen molar-refractivity contribution in [1.82, 2.24) is 15.0 Å². The molecule has 3 aromatic rings. The van der Waals surface area contributed by atoms with Crippen LogP contribution in [0.2, 0.25) is 5.02 Å². The molecular formula is C18H12BrClN4O4. The molecule has 0 fully saturated rings. The summed E-state index contributed by atoms with van der Waals surface area (Å²) >= 11 is 9.21. The SMILES string of the molecule is O=C(NN=Cc1c(O)n(-c2ccc(Br)cc2)c(=O)[nH]c1=O)c1ccccc1Cl. The molecule has 8 nitrogen and oxygen atoms in total. The third kappa shape index (κ3) is 4.05. The molecule has 142 valence electrons. The summed E-state index contributed by atoms with van der Waals surface area (Å²) in [6, 6.07) is 12.8. The Balaban J connectivity index is 1.93. The molecular weight excluding hydrogens is 452 g/mol. The first-order valence-electron chi connectivity index (χ1n) is 7.80. The predicted octanol–water partition coefficient (Wildman–Crippen LogP) is 2.41. The summed E-state index contributed by atoms with van der Waals surface area (Å²) in [4.78, 5) is 38.3. The van der Waals surface area contributed by atoms with Gasteiger partial charge in [-0.2, -0.15) is 5.10 Å². The van der Waals surface area contributed by atoms with Crippen molar-refractivity contribution in [2.75, 3.05) is 0 Å². The number of amides is 1. The van der Waals surface area contributed by atoms with E-state index in [1.165, 1.54) is 6.07 Å². The Morgan fingerprint density at radius 1 is 1.18 bits per heavy atom. The fourth-order valence-corrected chi connectivity index (χ4v) is 2.83. The summed E-state index contributed by atoms with van der Waals surface area (Å²) in [5.74, 6) is -1.22. The topological polar surface area (TPSA) is 117 Å². The average Bonchev–Trinajstić information content (AvgIpc) is 2.66. The molecule has 1 aromatic heterocycles. The van der Waals surface area contributed by atoms with Crippen molar-refractivity contribution in [3.8, 4) is 11.6 Å². The van der Waals surface area contributed by atoms with Gasteiger partial charge in [0, 0.05) is 4.47 Å². The molecule has 28 heavy (non-hydrogen) atoms. The maximum atomic E-state index is 12.1. The molecule has 0 atom stereocenters. The van der Waals surface area contributed by atoms with Crippen LogP contribution in [-0.4, -0.2) is 26.8 Å². The molecule has 3 N–H and O–H groups in total. The number of hydrazone groups is 1. The summed E-state index contributed by atoms with van der Waals surface area (Å²) in [7, 11) is 0. The minimum absolute atomic E-state index is 0.194. The number of H-pyrrole nitrogens is 1. The van der Waals surface area contributed by atoms with Crippen molar-refractivity contribution >= 4 is 39.7 Å². The largest absolute Gasteiger partial charge is 0.493 e. The highest BCUT2D eigenvalue weighted by atomic mass is 79.9. The Kier molecular flexibility index (Phi) is 5.76. The number of halogens is 2. The van der Waals surface area contributed by atoms with Crippen LogP contribution in [-0.2, 0) is 0 Å². The molecule has 10 heteroatoms. The molecule has 0 aliphatic rings. The Labute approximate surface area is 171 Å². The molecule has 2 aromatic carbocycles. The second-order valence-electron chi connectivity index (χ2n) is 5.49. The molecule has 0 aliphatic carbocycles. The number of nitrogens with zero attached hydrogens (tertiary/aromatic N) is 2. The van der Waals surface area contributed by atoms with Gasteiger partial charge in [0.15, 0.2) is 0 Å². The van der Waals surface area contributed by atoms with E-state index in [0.717, 1.165) is 15.3 Å². The number of nitrogens with one attached hydrogen (secondary N) is 2. The number of aromatic hydroxyl groups is 1. The summed E-state index contributed by atoms with van der Waals surface area (Å²) < 4.78 is 1.68. The number of carbonyl (C=O) groups excluding carboxylic acids is 1. The first-order chi connectivity index (χ1) is 13.4. The maximum Gasteiger partial charge on any atom is 0.335 e. The number of aromatic nitrogens is 2. The van der Waals surface area contributed by atoms with Crippen LogP contribution in [0.5, 0.6) is 5.88 Å². The second-order valence-corrected chi connectivity index (χ2v) is 6.81. The van der Waals surface area contributed by atoms with Gasteiger partial charge in [0.05, 0.1) is 22.5 Å². The lowest BCUT2D eigenvalue weighted by Gasteiger charge is -2.09. The van der Waals surface area contributed by atoms with Gasteiger partial charge in [-0.05, 0) is 36.4 Å². The van der Waals surface area contributed by atoms with Gasteiger partial charge in [0.25, 0.3) is 11.5 Å². The molecule has 1 amide bonds. The molecule has 0 spiro atoms. The van der Waals surface area contributed by atoms with Crippen LogP contribution in [0.25, 0.3) is 5.69 Å². The molecule has 0 saturated heterocycles. The minimum atomic E-state index is -0.855. The lowest BCUT2D eigenvalue weighted by molar-refractivity contribution is 0.0955. The van der Waals surface area contributed by atoms with Crippen LogP contribution < -0.4 is 16.7 Å². The van der Waals surface area contributed by atoms with Crippen molar-refractivity contribution in [3.05, 3.63) is 90.0 Å². The van der Waals surface area contributed by atoms with E-state index < -0.39 is 23.0 Å². The molecule has 0 radical (unpaired) electrons. The maximum absolute atomic E-state index is 12.1. The lowest BCUT2D eigenvalue weighted by Crippen LogP contribution is -2.31. The highest BCUT2D eigenvalue weighted by Gasteiger charge is 2.14. The first kappa shape index (κ1) is 19.6. The van der Waals surface area contributed by atoms with Crippen LogP contribution in [0.15, 0.2) is 67.7 Å². The van der Waals surface area contributed by atoms with E-state index in [0.29, 0.717) is 5.69 Å². The Morgan fingerprint density at radius 3 is 2.54 bits per heavy atom. The average molecular weight is 464 g/mol. The van der Waals surface area contributed by atoms with Crippen molar-refractivity contribution in [1.29, 1.82) is 0 Å². The van der Waals surface area contributed by atoms with Crippen LogP contribution in [0.4, 0.5) is 0 Å². The standard InChI is InChI=1S/C18H12BrClN4O4/c19-10-5-7-11(8-6-10)24-17(27)13(15(25)22-18(24)28)9-21-23-16(26)12-3-1-2-4-14(12)20/h1-9,27H,(H,23,26)(H,22,25,28). The smallest absolute Gasteiger partial charge is 0.335 e. The normalized spacial score (nSPS) is 10.9. The number of hydrogen-bond donors (Lipinski definition) is 3. The van der Waals surface area contributed by atoms with Gasteiger partial charge >= 0.3 is 5.69 Å². The molecule has 0 aliphatic heterocycles. The third-order valence-electron chi connectivity index (χ3n) is 3.68. The Morgan fingerprint density at radius 2 is 1.86 bits per heavy atom. The zero-order valence-electron chi connectivity index (χ0n) is 14.0. The Bertz CT molecular complexity index is 1190. The van der Waals surface area contributed by atoms with Gasteiger partial charge in [0.2, 0.25) is 5.88 Å². The van der Waals surface area contributed by atoms with E-state index in [2.05, 4.69) is 31.4 Å². The summed E-state index contributed by atoms with van der Waals surface area (Å²) in [6.07, 6.45) is 0.942. The quantitative estimate of drug-likeness (QED) is 0.407. The Hall–Kier alpha value is -3.17. The van der Waals surface area contributed by atoms with Crippen molar-refractivity contribution in [3.63, 3.8) is 0 Å². The number of rotatable bonds is 4. The molecule has 0 saturated carbocycles. The van der Waals surface area contributed by atoms with Crippen molar-refractivity contribution in [2.45, 2.75) is 0 Å². The highest BCUT2D eigenvalue weighted by Crippen LogP contribution is 2.18. The first-order valence-corrected chi connectivity index (χ1v) is 8.97. The molecule has 1 heterocycles. The number of benzene rings is 2. The van der Waals surface area contributed by atoms with Crippen molar-refractivity contribution in [2.24, 2.45) is 5.10 Å². The van der Waals surface area contributed by atoms with Crippen LogP contribution >= 0.6 is 27.5 Å². The van der Waals surface area contributed by atoms with Gasteiger partial charge in [-0.25, -0.2) is 14.8 Å². The predicted molar refractivity (Wildman–Crippen MR) is 109 cm³/mol.